The molecule has 12 heavy (non-hydrogen) atoms. The van der Waals surface area contributed by atoms with E-state index in [0.717, 1.165) is 18.5 Å². The zero-order chi connectivity index (χ0) is 8.97. The second-order valence-electron chi connectivity index (χ2n) is 3.07. The second-order valence-corrected chi connectivity index (χ2v) is 3.07. The fourth-order valence-corrected chi connectivity index (χ4v) is 1.38. The third-order valence-corrected chi connectivity index (χ3v) is 2.21. The fraction of sp³-hybridized carbons (Fsp3) is 0.500. The standard InChI is InChI=1S/C10H16N2/c1-4-6-9-7-10(5-2)12(3)8-11-9/h4,6,8,10H,1,5,7H2,2-3H3/b9-6+. The Kier molecular flexibility index (Phi) is 3.09. The molecule has 0 saturated carbocycles. The Balaban J connectivity index is 2.70. The molecule has 1 unspecified atom stereocenters. The normalized spacial score (nSPS) is 26.3. The Hall–Kier alpha value is -1.05. The van der Waals surface area contributed by atoms with Gasteiger partial charge in [-0.25, -0.2) is 4.99 Å². The zero-order valence-electron chi connectivity index (χ0n) is 7.83. The van der Waals surface area contributed by atoms with Crippen LogP contribution in [0, 0.1) is 0 Å². The molecule has 0 N–H and O–H groups in total. The van der Waals surface area contributed by atoms with Gasteiger partial charge < -0.3 is 4.90 Å². The van der Waals surface area contributed by atoms with Crippen molar-refractivity contribution >= 4 is 6.34 Å². The van der Waals surface area contributed by atoms with Gasteiger partial charge in [-0.2, -0.15) is 0 Å². The molecular formula is C10H16N2. The Labute approximate surface area is 74.3 Å². The Bertz CT molecular complexity index is 216. The quantitative estimate of drug-likeness (QED) is 0.611. The van der Waals surface area contributed by atoms with Crippen LogP contribution >= 0.6 is 0 Å². The summed E-state index contributed by atoms with van der Waals surface area (Å²) < 4.78 is 0. The molecule has 1 aliphatic heterocycles. The lowest BCUT2D eigenvalue weighted by Gasteiger charge is -2.28. The van der Waals surface area contributed by atoms with Gasteiger partial charge in [-0.1, -0.05) is 19.6 Å². The number of hydrogen-bond acceptors (Lipinski definition) is 2. The molecule has 0 radical (unpaired) electrons. The van der Waals surface area contributed by atoms with E-state index in [9.17, 15) is 0 Å². The van der Waals surface area contributed by atoms with Crippen LogP contribution in [0.5, 0.6) is 0 Å². The summed E-state index contributed by atoms with van der Waals surface area (Å²) >= 11 is 0. The van der Waals surface area contributed by atoms with Crippen LogP contribution in [0.15, 0.2) is 29.4 Å². The lowest BCUT2D eigenvalue weighted by atomic mass is 10.1. The highest BCUT2D eigenvalue weighted by Crippen LogP contribution is 2.17. The van der Waals surface area contributed by atoms with Gasteiger partial charge in [0.2, 0.25) is 0 Å². The van der Waals surface area contributed by atoms with Gasteiger partial charge >= 0.3 is 0 Å². The minimum absolute atomic E-state index is 0.605. The van der Waals surface area contributed by atoms with Crippen molar-refractivity contribution in [2.75, 3.05) is 7.05 Å². The average Bonchev–Trinajstić information content (AvgIpc) is 2.09. The molecule has 1 aliphatic rings. The highest BCUT2D eigenvalue weighted by atomic mass is 15.2. The average molecular weight is 164 g/mol. The molecule has 0 aliphatic carbocycles. The summed E-state index contributed by atoms with van der Waals surface area (Å²) in [5.74, 6) is 0. The van der Waals surface area contributed by atoms with Gasteiger partial charge in [-0.05, 0) is 12.5 Å². The molecule has 0 aromatic carbocycles. The first-order chi connectivity index (χ1) is 5.77. The summed E-state index contributed by atoms with van der Waals surface area (Å²) in [5.41, 5.74) is 1.13. The molecule has 66 valence electrons. The van der Waals surface area contributed by atoms with Gasteiger partial charge in [-0.3, -0.25) is 0 Å². The second kappa shape index (κ2) is 4.10. The maximum atomic E-state index is 4.29. The van der Waals surface area contributed by atoms with E-state index in [1.165, 1.54) is 0 Å². The molecular weight excluding hydrogens is 148 g/mol. The minimum atomic E-state index is 0.605. The van der Waals surface area contributed by atoms with Crippen LogP contribution in [0.4, 0.5) is 0 Å². The van der Waals surface area contributed by atoms with Crippen molar-refractivity contribution < 1.29 is 0 Å². The third kappa shape index (κ3) is 1.97. The summed E-state index contributed by atoms with van der Waals surface area (Å²) in [6, 6.07) is 0.605. The molecule has 0 aromatic rings. The lowest BCUT2D eigenvalue weighted by molar-refractivity contribution is 0.348. The number of hydrogen-bond donors (Lipinski definition) is 0. The summed E-state index contributed by atoms with van der Waals surface area (Å²) in [5, 5.41) is 0. The van der Waals surface area contributed by atoms with Crippen molar-refractivity contribution in [3.8, 4) is 0 Å². The zero-order valence-corrected chi connectivity index (χ0v) is 7.83. The van der Waals surface area contributed by atoms with E-state index >= 15 is 0 Å². The highest BCUT2D eigenvalue weighted by Gasteiger charge is 2.15. The lowest BCUT2D eigenvalue weighted by Crippen LogP contribution is -2.33. The van der Waals surface area contributed by atoms with Crippen molar-refractivity contribution in [1.82, 2.24) is 4.90 Å². The van der Waals surface area contributed by atoms with Gasteiger partial charge in [0.25, 0.3) is 0 Å². The monoisotopic (exact) mass is 164 g/mol. The van der Waals surface area contributed by atoms with E-state index in [4.69, 9.17) is 0 Å². The van der Waals surface area contributed by atoms with Gasteiger partial charge in [0.1, 0.15) is 0 Å². The van der Waals surface area contributed by atoms with Crippen LogP contribution in [0.2, 0.25) is 0 Å². The molecule has 0 bridgehead atoms. The molecule has 1 rings (SSSR count). The maximum absolute atomic E-state index is 4.29. The van der Waals surface area contributed by atoms with Gasteiger partial charge in [0, 0.05) is 25.2 Å². The van der Waals surface area contributed by atoms with Crippen LogP contribution in [0.3, 0.4) is 0 Å². The Morgan fingerprint density at radius 3 is 3.17 bits per heavy atom. The summed E-state index contributed by atoms with van der Waals surface area (Å²) in [6.45, 7) is 5.86. The molecule has 0 amide bonds. The number of rotatable bonds is 2. The van der Waals surface area contributed by atoms with Crippen molar-refractivity contribution in [1.29, 1.82) is 0 Å². The van der Waals surface area contributed by atoms with Crippen LogP contribution in [0.25, 0.3) is 0 Å². The van der Waals surface area contributed by atoms with Crippen LogP contribution in [-0.4, -0.2) is 24.3 Å². The van der Waals surface area contributed by atoms with E-state index in [1.54, 1.807) is 6.08 Å². The molecule has 2 heteroatoms. The SMILES string of the molecule is C=C/C=C1\CC(CC)N(C)C=N1. The van der Waals surface area contributed by atoms with Crippen molar-refractivity contribution in [2.24, 2.45) is 4.99 Å². The number of aliphatic imine (C=N–C) groups is 1. The smallest absolute Gasteiger partial charge is 0.0908 e. The maximum Gasteiger partial charge on any atom is 0.0908 e. The fourth-order valence-electron chi connectivity index (χ4n) is 1.38. The minimum Gasteiger partial charge on any atom is -0.362 e. The number of nitrogens with zero attached hydrogens (tertiary/aromatic N) is 2. The van der Waals surface area contributed by atoms with Crippen LogP contribution in [0.1, 0.15) is 19.8 Å². The molecule has 0 aromatic heterocycles. The Morgan fingerprint density at radius 2 is 2.58 bits per heavy atom. The summed E-state index contributed by atoms with van der Waals surface area (Å²) in [6.07, 6.45) is 7.87. The van der Waals surface area contributed by atoms with Crippen molar-refractivity contribution in [2.45, 2.75) is 25.8 Å². The van der Waals surface area contributed by atoms with Crippen molar-refractivity contribution in [3.05, 3.63) is 24.4 Å². The molecule has 2 nitrogen and oxygen atoms in total. The van der Waals surface area contributed by atoms with Crippen molar-refractivity contribution in [3.63, 3.8) is 0 Å². The summed E-state index contributed by atoms with van der Waals surface area (Å²) in [7, 11) is 2.07. The van der Waals surface area contributed by atoms with E-state index in [2.05, 4.69) is 30.4 Å². The highest BCUT2D eigenvalue weighted by molar-refractivity contribution is 5.58. The molecule has 1 atom stereocenters. The van der Waals surface area contributed by atoms with Gasteiger partial charge in [0.05, 0.1) is 6.34 Å². The van der Waals surface area contributed by atoms with Crippen LogP contribution < -0.4 is 0 Å². The first kappa shape index (κ1) is 9.04. The molecule has 0 saturated heterocycles. The van der Waals surface area contributed by atoms with Crippen LogP contribution in [-0.2, 0) is 0 Å². The first-order valence-electron chi connectivity index (χ1n) is 4.35. The topological polar surface area (TPSA) is 15.6 Å². The Morgan fingerprint density at radius 1 is 1.83 bits per heavy atom. The third-order valence-electron chi connectivity index (χ3n) is 2.21. The van der Waals surface area contributed by atoms with E-state index in [-0.39, 0.29) is 0 Å². The van der Waals surface area contributed by atoms with E-state index < -0.39 is 0 Å². The largest absolute Gasteiger partial charge is 0.362 e. The number of allylic oxidation sites excluding steroid dienone is 2. The van der Waals surface area contributed by atoms with E-state index in [1.807, 2.05) is 12.4 Å². The first-order valence-corrected chi connectivity index (χ1v) is 4.35. The molecule has 1 heterocycles. The predicted molar refractivity (Wildman–Crippen MR) is 53.2 cm³/mol. The predicted octanol–water partition coefficient (Wildman–Crippen LogP) is 2.20. The molecule has 0 fully saturated rings. The van der Waals surface area contributed by atoms with Gasteiger partial charge in [0.15, 0.2) is 0 Å². The summed E-state index contributed by atoms with van der Waals surface area (Å²) in [4.78, 5) is 6.46. The molecule has 0 spiro atoms. The van der Waals surface area contributed by atoms with E-state index in [0.29, 0.717) is 6.04 Å². The van der Waals surface area contributed by atoms with Gasteiger partial charge in [-0.15, -0.1) is 0 Å².